The highest BCUT2D eigenvalue weighted by Crippen LogP contribution is 2.31. The molecule has 1 aliphatic rings. The van der Waals surface area contributed by atoms with E-state index in [-0.39, 0.29) is 11.6 Å². The third-order valence-corrected chi connectivity index (χ3v) is 3.61. The van der Waals surface area contributed by atoms with Gasteiger partial charge < -0.3 is 14.2 Å². The van der Waals surface area contributed by atoms with Crippen molar-refractivity contribution < 1.29 is 14.2 Å². The van der Waals surface area contributed by atoms with Gasteiger partial charge in [0.25, 0.3) is 0 Å². The van der Waals surface area contributed by atoms with Crippen molar-refractivity contribution in [2.75, 3.05) is 40.1 Å². The van der Waals surface area contributed by atoms with Crippen LogP contribution in [0.2, 0.25) is 0 Å². The van der Waals surface area contributed by atoms with Gasteiger partial charge in [-0.25, -0.2) is 0 Å². The summed E-state index contributed by atoms with van der Waals surface area (Å²) in [5.41, 5.74) is -0.375. The van der Waals surface area contributed by atoms with E-state index in [1.165, 1.54) is 0 Å². The van der Waals surface area contributed by atoms with Gasteiger partial charge in [-0.2, -0.15) is 5.26 Å². The predicted octanol–water partition coefficient (Wildman–Crippen LogP) is 1.87. The summed E-state index contributed by atoms with van der Waals surface area (Å²) in [6, 6.07) is 2.43. The van der Waals surface area contributed by atoms with Crippen molar-refractivity contribution >= 4 is 0 Å². The van der Waals surface area contributed by atoms with E-state index in [2.05, 4.69) is 18.3 Å². The average Bonchev–Trinajstić information content (AvgIpc) is 2.88. The standard InChI is InChI=1S/C15H28N2O3/c1-3-7-17-15(13-16)6-5-14(12-15)20-11-10-19-9-4-8-18-2/h14,17H,3-12H2,1-2H3. The number of ether oxygens (including phenoxy) is 3. The van der Waals surface area contributed by atoms with Crippen molar-refractivity contribution in [2.45, 2.75) is 50.7 Å². The fraction of sp³-hybridized carbons (Fsp3) is 0.933. The van der Waals surface area contributed by atoms with Crippen LogP contribution in [0.5, 0.6) is 0 Å². The monoisotopic (exact) mass is 284 g/mol. The van der Waals surface area contributed by atoms with Gasteiger partial charge in [-0.15, -0.1) is 0 Å². The molecule has 116 valence electrons. The van der Waals surface area contributed by atoms with Crippen LogP contribution in [0, 0.1) is 11.3 Å². The highest BCUT2D eigenvalue weighted by molar-refractivity contribution is 5.12. The van der Waals surface area contributed by atoms with Gasteiger partial charge in [-0.05, 0) is 32.2 Å². The number of methoxy groups -OCH3 is 1. The van der Waals surface area contributed by atoms with Crippen LogP contribution >= 0.6 is 0 Å². The third kappa shape index (κ3) is 6.19. The van der Waals surface area contributed by atoms with Crippen molar-refractivity contribution in [2.24, 2.45) is 0 Å². The number of nitriles is 1. The number of nitrogens with zero attached hydrogens (tertiary/aromatic N) is 1. The van der Waals surface area contributed by atoms with Crippen LogP contribution in [0.1, 0.15) is 39.0 Å². The Morgan fingerprint density at radius 3 is 2.85 bits per heavy atom. The quantitative estimate of drug-likeness (QED) is 0.587. The molecule has 0 aromatic rings. The summed E-state index contributed by atoms with van der Waals surface area (Å²) in [6.45, 7) is 5.67. The van der Waals surface area contributed by atoms with Crippen molar-refractivity contribution in [3.05, 3.63) is 0 Å². The van der Waals surface area contributed by atoms with E-state index >= 15 is 0 Å². The van der Waals surface area contributed by atoms with Gasteiger partial charge in [0.15, 0.2) is 0 Å². The molecule has 2 atom stereocenters. The molecule has 20 heavy (non-hydrogen) atoms. The van der Waals surface area contributed by atoms with Crippen molar-refractivity contribution in [1.29, 1.82) is 5.26 Å². The zero-order valence-electron chi connectivity index (χ0n) is 12.8. The van der Waals surface area contributed by atoms with Gasteiger partial charge in [-0.1, -0.05) is 6.92 Å². The summed E-state index contributed by atoms with van der Waals surface area (Å²) in [6.07, 6.45) is 4.76. The van der Waals surface area contributed by atoms with Crippen LogP contribution in [-0.2, 0) is 14.2 Å². The van der Waals surface area contributed by atoms with Crippen LogP contribution in [0.25, 0.3) is 0 Å². The summed E-state index contributed by atoms with van der Waals surface area (Å²) >= 11 is 0. The summed E-state index contributed by atoms with van der Waals surface area (Å²) in [4.78, 5) is 0. The number of nitrogens with one attached hydrogen (secondary N) is 1. The maximum absolute atomic E-state index is 9.35. The smallest absolute Gasteiger partial charge is 0.109 e. The second kappa shape index (κ2) is 10.1. The second-order valence-corrected chi connectivity index (χ2v) is 5.32. The average molecular weight is 284 g/mol. The van der Waals surface area contributed by atoms with Gasteiger partial charge in [-0.3, -0.25) is 5.32 Å². The number of hydrogen-bond acceptors (Lipinski definition) is 5. The van der Waals surface area contributed by atoms with E-state index in [1.54, 1.807) is 7.11 Å². The zero-order chi connectivity index (χ0) is 14.7. The molecule has 1 saturated carbocycles. The normalized spacial score (nSPS) is 25.8. The summed E-state index contributed by atoms with van der Waals surface area (Å²) < 4.78 is 16.2. The fourth-order valence-electron chi connectivity index (χ4n) is 2.49. The largest absolute Gasteiger partial charge is 0.385 e. The highest BCUT2D eigenvalue weighted by Gasteiger charge is 2.39. The fourth-order valence-corrected chi connectivity index (χ4v) is 2.49. The molecule has 5 nitrogen and oxygen atoms in total. The molecule has 0 bridgehead atoms. The minimum Gasteiger partial charge on any atom is -0.385 e. The molecule has 0 radical (unpaired) electrons. The molecule has 0 amide bonds. The molecule has 1 rings (SSSR count). The van der Waals surface area contributed by atoms with Crippen molar-refractivity contribution in [1.82, 2.24) is 5.32 Å². The van der Waals surface area contributed by atoms with Crippen LogP contribution in [-0.4, -0.2) is 51.7 Å². The summed E-state index contributed by atoms with van der Waals surface area (Å²) in [5.74, 6) is 0. The van der Waals surface area contributed by atoms with Gasteiger partial charge >= 0.3 is 0 Å². The van der Waals surface area contributed by atoms with E-state index in [1.807, 2.05) is 0 Å². The van der Waals surface area contributed by atoms with E-state index in [0.717, 1.165) is 45.3 Å². The molecule has 1 aliphatic carbocycles. The predicted molar refractivity (Wildman–Crippen MR) is 77.5 cm³/mol. The third-order valence-electron chi connectivity index (χ3n) is 3.61. The Balaban J connectivity index is 2.10. The lowest BCUT2D eigenvalue weighted by molar-refractivity contribution is 0.00249. The van der Waals surface area contributed by atoms with Crippen molar-refractivity contribution in [3.8, 4) is 6.07 Å². The molecule has 2 unspecified atom stereocenters. The Kier molecular flexibility index (Phi) is 8.79. The first kappa shape index (κ1) is 17.4. The zero-order valence-corrected chi connectivity index (χ0v) is 12.8. The molecular formula is C15H28N2O3. The van der Waals surface area contributed by atoms with Crippen LogP contribution in [0.15, 0.2) is 0 Å². The molecule has 0 aromatic carbocycles. The lowest BCUT2D eigenvalue weighted by Gasteiger charge is -2.22. The maximum atomic E-state index is 9.35. The van der Waals surface area contributed by atoms with Gasteiger partial charge in [0.1, 0.15) is 5.54 Å². The van der Waals surface area contributed by atoms with Crippen LogP contribution < -0.4 is 5.32 Å². The first-order valence-electron chi connectivity index (χ1n) is 7.61. The highest BCUT2D eigenvalue weighted by atomic mass is 16.5. The molecule has 1 fully saturated rings. The van der Waals surface area contributed by atoms with Gasteiger partial charge in [0.05, 0.1) is 25.4 Å². The van der Waals surface area contributed by atoms with E-state index in [4.69, 9.17) is 14.2 Å². The van der Waals surface area contributed by atoms with Crippen LogP contribution in [0.3, 0.4) is 0 Å². The molecule has 0 aliphatic heterocycles. The number of hydrogen-bond donors (Lipinski definition) is 1. The first-order valence-corrected chi connectivity index (χ1v) is 7.61. The van der Waals surface area contributed by atoms with Crippen LogP contribution in [0.4, 0.5) is 0 Å². The van der Waals surface area contributed by atoms with Crippen molar-refractivity contribution in [3.63, 3.8) is 0 Å². The maximum Gasteiger partial charge on any atom is 0.109 e. The lowest BCUT2D eigenvalue weighted by Crippen LogP contribution is -2.42. The Labute approximate surface area is 122 Å². The first-order chi connectivity index (χ1) is 9.76. The van der Waals surface area contributed by atoms with Gasteiger partial charge in [0, 0.05) is 26.7 Å². The summed E-state index contributed by atoms with van der Waals surface area (Å²) in [5, 5.41) is 12.7. The minimum atomic E-state index is -0.375. The van der Waals surface area contributed by atoms with E-state index in [0.29, 0.717) is 19.8 Å². The molecule has 0 aromatic heterocycles. The van der Waals surface area contributed by atoms with Gasteiger partial charge in [0.2, 0.25) is 0 Å². The molecule has 0 heterocycles. The second-order valence-electron chi connectivity index (χ2n) is 5.32. The Morgan fingerprint density at radius 1 is 1.30 bits per heavy atom. The van der Waals surface area contributed by atoms with E-state index < -0.39 is 0 Å². The lowest BCUT2D eigenvalue weighted by atomic mass is 9.99. The Bertz CT molecular complexity index is 293. The summed E-state index contributed by atoms with van der Waals surface area (Å²) in [7, 11) is 1.69. The molecule has 0 saturated heterocycles. The van der Waals surface area contributed by atoms with E-state index in [9.17, 15) is 5.26 Å². The topological polar surface area (TPSA) is 63.5 Å². The molecular weight excluding hydrogens is 256 g/mol. The number of rotatable bonds is 11. The Hall–Kier alpha value is -0.670. The molecule has 0 spiro atoms. The SMILES string of the molecule is CCCNC1(C#N)CCC(OCCOCCCOC)C1. The molecule has 1 N–H and O–H groups in total. The molecule has 5 heteroatoms. The minimum absolute atomic E-state index is 0.182. The Morgan fingerprint density at radius 2 is 2.15 bits per heavy atom.